The maximum Gasteiger partial charge on any atom is 0.329 e. The molecule has 0 radical (unpaired) electrons. The lowest BCUT2D eigenvalue weighted by Crippen LogP contribution is -2.45. The first kappa shape index (κ1) is 15.1. The van der Waals surface area contributed by atoms with E-state index in [9.17, 15) is 9.59 Å². The molecule has 1 aliphatic carbocycles. The highest BCUT2D eigenvalue weighted by Crippen LogP contribution is 2.37. The molecule has 0 spiro atoms. The number of aliphatic carboxylic acids is 1. The summed E-state index contributed by atoms with van der Waals surface area (Å²) in [7, 11) is 1.52. The molecule has 0 aromatic heterocycles. The van der Waals surface area contributed by atoms with Gasteiger partial charge in [0.05, 0.1) is 17.3 Å². The van der Waals surface area contributed by atoms with E-state index in [1.807, 2.05) is 0 Å². The van der Waals surface area contributed by atoms with Gasteiger partial charge in [-0.25, -0.2) is 9.59 Å². The van der Waals surface area contributed by atoms with Gasteiger partial charge in [-0.1, -0.05) is 0 Å². The number of ether oxygens (including phenoxy) is 1. The van der Waals surface area contributed by atoms with Crippen molar-refractivity contribution in [3.05, 3.63) is 21.1 Å². The number of benzene rings is 1. The molecule has 2 amide bonds. The van der Waals surface area contributed by atoms with Crippen molar-refractivity contribution in [3.63, 3.8) is 0 Å². The molecule has 1 fully saturated rings. The molecule has 20 heavy (non-hydrogen) atoms. The summed E-state index contributed by atoms with van der Waals surface area (Å²) in [4.78, 5) is 22.9. The Morgan fingerprint density at radius 3 is 2.45 bits per heavy atom. The normalized spacial score (nSPS) is 15.3. The minimum Gasteiger partial charge on any atom is -0.495 e. The van der Waals surface area contributed by atoms with E-state index in [1.165, 1.54) is 7.11 Å². The highest BCUT2D eigenvalue weighted by atomic mass is 79.9. The Balaban J connectivity index is 2.10. The van der Waals surface area contributed by atoms with Crippen LogP contribution in [0.25, 0.3) is 0 Å². The standard InChI is InChI=1S/C12H12Br2N2O4/c1-20-9-5-8(6(13)4-7(9)14)15-11(19)16-12(2-3-12)10(17)18/h4-5H,2-3H2,1H3,(H,17,18)(H2,15,16,19). The van der Waals surface area contributed by atoms with Crippen LogP contribution in [0.5, 0.6) is 5.75 Å². The third-order valence-electron chi connectivity index (χ3n) is 3.00. The molecule has 108 valence electrons. The maximum absolute atomic E-state index is 11.9. The van der Waals surface area contributed by atoms with E-state index in [2.05, 4.69) is 42.5 Å². The first-order valence-corrected chi connectivity index (χ1v) is 7.32. The Bertz CT molecular complexity index is 573. The van der Waals surface area contributed by atoms with Crippen LogP contribution in [0.4, 0.5) is 10.5 Å². The second kappa shape index (κ2) is 5.61. The van der Waals surface area contributed by atoms with Crippen LogP contribution >= 0.6 is 31.9 Å². The largest absolute Gasteiger partial charge is 0.495 e. The number of hydrogen-bond donors (Lipinski definition) is 3. The molecule has 6 nitrogen and oxygen atoms in total. The number of carbonyl (C=O) groups excluding carboxylic acids is 1. The van der Waals surface area contributed by atoms with Crippen LogP contribution in [0.15, 0.2) is 21.1 Å². The summed E-state index contributed by atoms with van der Waals surface area (Å²) in [5.41, 5.74) is -0.625. The molecule has 1 aromatic carbocycles. The highest BCUT2D eigenvalue weighted by molar-refractivity contribution is 9.11. The van der Waals surface area contributed by atoms with Gasteiger partial charge in [-0.15, -0.1) is 0 Å². The number of urea groups is 1. The van der Waals surface area contributed by atoms with Gasteiger partial charge in [-0.05, 0) is 50.8 Å². The zero-order valence-electron chi connectivity index (χ0n) is 10.5. The Morgan fingerprint density at radius 1 is 1.30 bits per heavy atom. The maximum atomic E-state index is 11.9. The second-order valence-corrected chi connectivity index (χ2v) is 6.14. The molecule has 0 saturated heterocycles. The molecule has 0 bridgehead atoms. The molecule has 1 aromatic rings. The van der Waals surface area contributed by atoms with E-state index in [0.29, 0.717) is 28.8 Å². The number of halogens is 2. The number of carbonyl (C=O) groups is 2. The topological polar surface area (TPSA) is 87.7 Å². The average molecular weight is 408 g/mol. The van der Waals surface area contributed by atoms with Crippen molar-refractivity contribution in [2.45, 2.75) is 18.4 Å². The summed E-state index contributed by atoms with van der Waals surface area (Å²) in [6, 6.07) is 2.81. The Labute approximate surface area is 132 Å². The molecule has 2 rings (SSSR count). The number of anilines is 1. The lowest BCUT2D eigenvalue weighted by molar-refractivity contribution is -0.140. The summed E-state index contributed by atoms with van der Waals surface area (Å²) < 4.78 is 6.53. The SMILES string of the molecule is COc1cc(NC(=O)NC2(C(=O)O)CC2)c(Br)cc1Br. The fraction of sp³-hybridized carbons (Fsp3) is 0.333. The van der Waals surface area contributed by atoms with Crippen molar-refractivity contribution >= 4 is 49.5 Å². The first-order chi connectivity index (χ1) is 9.38. The van der Waals surface area contributed by atoms with E-state index >= 15 is 0 Å². The van der Waals surface area contributed by atoms with Gasteiger partial charge in [0.15, 0.2) is 0 Å². The monoisotopic (exact) mass is 406 g/mol. The predicted molar refractivity (Wildman–Crippen MR) is 80.1 cm³/mol. The minimum atomic E-state index is -1.12. The van der Waals surface area contributed by atoms with E-state index in [4.69, 9.17) is 9.84 Å². The third kappa shape index (κ3) is 3.06. The highest BCUT2D eigenvalue weighted by Gasteiger charge is 2.51. The van der Waals surface area contributed by atoms with Gasteiger partial charge >= 0.3 is 12.0 Å². The number of nitrogens with one attached hydrogen (secondary N) is 2. The summed E-state index contributed by atoms with van der Waals surface area (Å²) in [5.74, 6) is -0.456. The van der Waals surface area contributed by atoms with Gasteiger partial charge in [0.2, 0.25) is 0 Å². The van der Waals surface area contributed by atoms with Gasteiger partial charge in [0.1, 0.15) is 11.3 Å². The van der Waals surface area contributed by atoms with Crippen molar-refractivity contribution in [2.75, 3.05) is 12.4 Å². The van der Waals surface area contributed by atoms with Gasteiger partial charge in [-0.3, -0.25) is 0 Å². The second-order valence-electron chi connectivity index (χ2n) is 4.43. The molecular weight excluding hydrogens is 396 g/mol. The quantitative estimate of drug-likeness (QED) is 0.715. The van der Waals surface area contributed by atoms with E-state index in [1.54, 1.807) is 12.1 Å². The summed E-state index contributed by atoms with van der Waals surface area (Å²) in [5, 5.41) is 14.1. The summed E-state index contributed by atoms with van der Waals surface area (Å²) in [6.07, 6.45) is 0.890. The lowest BCUT2D eigenvalue weighted by Gasteiger charge is -2.15. The molecule has 3 N–H and O–H groups in total. The molecule has 0 heterocycles. The first-order valence-electron chi connectivity index (χ1n) is 5.73. The average Bonchev–Trinajstić information content (AvgIpc) is 3.13. The zero-order valence-corrected chi connectivity index (χ0v) is 13.7. The van der Waals surface area contributed by atoms with Crippen molar-refractivity contribution in [3.8, 4) is 5.75 Å². The molecule has 8 heteroatoms. The zero-order chi connectivity index (χ0) is 14.9. The van der Waals surface area contributed by atoms with Crippen LogP contribution in [0, 0.1) is 0 Å². The minimum absolute atomic E-state index is 0.445. The van der Waals surface area contributed by atoms with Crippen molar-refractivity contribution in [2.24, 2.45) is 0 Å². The fourth-order valence-corrected chi connectivity index (χ4v) is 2.92. The summed E-state index contributed by atoms with van der Waals surface area (Å²) in [6.45, 7) is 0. The van der Waals surface area contributed by atoms with Crippen LogP contribution in [0.1, 0.15) is 12.8 Å². The number of hydrogen-bond acceptors (Lipinski definition) is 3. The van der Waals surface area contributed by atoms with Crippen LogP contribution in [-0.4, -0.2) is 29.8 Å². The van der Waals surface area contributed by atoms with Gasteiger partial charge in [0, 0.05) is 10.5 Å². The van der Waals surface area contributed by atoms with Crippen molar-refractivity contribution in [1.29, 1.82) is 0 Å². The van der Waals surface area contributed by atoms with Crippen molar-refractivity contribution < 1.29 is 19.4 Å². The number of methoxy groups -OCH3 is 1. The van der Waals surface area contributed by atoms with Crippen LogP contribution in [0.3, 0.4) is 0 Å². The molecule has 1 aliphatic rings. The number of rotatable bonds is 4. The number of carboxylic acids is 1. The van der Waals surface area contributed by atoms with E-state index in [-0.39, 0.29) is 0 Å². The van der Waals surface area contributed by atoms with Gasteiger partial charge < -0.3 is 20.5 Å². The third-order valence-corrected chi connectivity index (χ3v) is 4.28. The van der Waals surface area contributed by atoms with Crippen molar-refractivity contribution in [1.82, 2.24) is 5.32 Å². The van der Waals surface area contributed by atoms with Crippen LogP contribution in [-0.2, 0) is 4.79 Å². The predicted octanol–water partition coefficient (Wildman–Crippen LogP) is 2.96. The number of carboxylic acid groups (broad SMARTS) is 1. The summed E-state index contributed by atoms with van der Waals surface area (Å²) >= 11 is 6.64. The molecule has 0 atom stereocenters. The smallest absolute Gasteiger partial charge is 0.329 e. The Kier molecular flexibility index (Phi) is 4.24. The fourth-order valence-electron chi connectivity index (χ4n) is 1.67. The van der Waals surface area contributed by atoms with Crippen LogP contribution < -0.4 is 15.4 Å². The van der Waals surface area contributed by atoms with Gasteiger partial charge in [0.25, 0.3) is 0 Å². The Morgan fingerprint density at radius 2 is 1.95 bits per heavy atom. The Hall–Kier alpha value is -1.28. The van der Waals surface area contributed by atoms with E-state index in [0.717, 1.165) is 4.47 Å². The molecular formula is C12H12Br2N2O4. The van der Waals surface area contributed by atoms with Gasteiger partial charge in [-0.2, -0.15) is 0 Å². The van der Waals surface area contributed by atoms with Crippen LogP contribution in [0.2, 0.25) is 0 Å². The lowest BCUT2D eigenvalue weighted by atomic mass is 10.3. The molecule has 0 aliphatic heterocycles. The molecule has 0 unspecified atom stereocenters. The molecule has 1 saturated carbocycles. The van der Waals surface area contributed by atoms with E-state index < -0.39 is 17.5 Å². The number of amides is 2.